The molecule has 0 saturated heterocycles. The Bertz CT molecular complexity index is 1220. The van der Waals surface area contributed by atoms with E-state index in [1.165, 1.54) is 12.1 Å². The fraction of sp³-hybridized carbons (Fsp3) is 0.190. The van der Waals surface area contributed by atoms with E-state index in [4.69, 9.17) is 10.5 Å². The first kappa shape index (κ1) is 21.2. The third-order valence-electron chi connectivity index (χ3n) is 4.73. The van der Waals surface area contributed by atoms with E-state index in [9.17, 15) is 8.78 Å². The van der Waals surface area contributed by atoms with Crippen LogP contribution in [-0.2, 0) is 0 Å². The van der Waals surface area contributed by atoms with Gasteiger partial charge in [0.15, 0.2) is 17.4 Å². The SMILES string of the molecule is CNCCCOc1ccc(-n2nnnc2-c2cc(-c3ccncc3)cnc2N)c(F)c1F. The van der Waals surface area contributed by atoms with Crippen molar-refractivity contribution in [3.63, 3.8) is 0 Å². The fourth-order valence-corrected chi connectivity index (χ4v) is 3.10. The summed E-state index contributed by atoms with van der Waals surface area (Å²) in [5.74, 6) is -2.18. The van der Waals surface area contributed by atoms with Crippen molar-refractivity contribution in [1.29, 1.82) is 0 Å². The molecule has 11 heteroatoms. The summed E-state index contributed by atoms with van der Waals surface area (Å²) in [5.41, 5.74) is 7.83. The van der Waals surface area contributed by atoms with E-state index in [1.807, 2.05) is 12.1 Å². The van der Waals surface area contributed by atoms with Gasteiger partial charge in [-0.05, 0) is 66.3 Å². The van der Waals surface area contributed by atoms with Crippen LogP contribution in [0.5, 0.6) is 5.75 Å². The van der Waals surface area contributed by atoms with Gasteiger partial charge >= 0.3 is 0 Å². The number of aromatic nitrogens is 6. The average molecular weight is 438 g/mol. The highest BCUT2D eigenvalue weighted by Gasteiger charge is 2.22. The lowest BCUT2D eigenvalue weighted by atomic mass is 10.1. The first-order chi connectivity index (χ1) is 15.6. The molecule has 0 aliphatic carbocycles. The number of benzene rings is 1. The van der Waals surface area contributed by atoms with Crippen LogP contribution in [0.1, 0.15) is 6.42 Å². The van der Waals surface area contributed by atoms with E-state index in [0.717, 1.165) is 15.8 Å². The van der Waals surface area contributed by atoms with Gasteiger partial charge in [0.05, 0.1) is 12.2 Å². The zero-order valence-corrected chi connectivity index (χ0v) is 17.2. The number of nitrogens with one attached hydrogen (secondary N) is 1. The topological polar surface area (TPSA) is 117 Å². The maximum atomic E-state index is 14.9. The van der Waals surface area contributed by atoms with Crippen LogP contribution in [0.25, 0.3) is 28.2 Å². The molecule has 0 aliphatic rings. The van der Waals surface area contributed by atoms with E-state index in [-0.39, 0.29) is 29.7 Å². The Balaban J connectivity index is 1.70. The van der Waals surface area contributed by atoms with Crippen LogP contribution < -0.4 is 15.8 Å². The molecule has 0 saturated carbocycles. The minimum Gasteiger partial charge on any atom is -0.490 e. The Hall–Kier alpha value is -3.99. The number of pyridine rings is 2. The van der Waals surface area contributed by atoms with Crippen LogP contribution in [0, 0.1) is 11.6 Å². The summed E-state index contributed by atoms with van der Waals surface area (Å²) in [7, 11) is 1.80. The molecule has 0 aliphatic heterocycles. The molecule has 32 heavy (non-hydrogen) atoms. The highest BCUT2D eigenvalue weighted by Crippen LogP contribution is 2.31. The second-order valence-electron chi connectivity index (χ2n) is 6.82. The van der Waals surface area contributed by atoms with Gasteiger partial charge in [-0.1, -0.05) is 0 Å². The van der Waals surface area contributed by atoms with Crippen molar-refractivity contribution in [3.05, 3.63) is 60.6 Å². The summed E-state index contributed by atoms with van der Waals surface area (Å²) in [4.78, 5) is 8.20. The van der Waals surface area contributed by atoms with Crippen molar-refractivity contribution in [2.45, 2.75) is 6.42 Å². The Labute approximate surface area is 182 Å². The average Bonchev–Trinajstić information content (AvgIpc) is 3.29. The van der Waals surface area contributed by atoms with Crippen molar-refractivity contribution in [1.82, 2.24) is 35.5 Å². The Kier molecular flexibility index (Phi) is 6.26. The number of nitrogens with zero attached hydrogens (tertiary/aromatic N) is 6. The summed E-state index contributed by atoms with van der Waals surface area (Å²) < 4.78 is 35.9. The Morgan fingerprint density at radius 1 is 1.09 bits per heavy atom. The van der Waals surface area contributed by atoms with Gasteiger partial charge in [0.25, 0.3) is 0 Å². The Morgan fingerprint density at radius 3 is 2.69 bits per heavy atom. The van der Waals surface area contributed by atoms with Gasteiger partial charge in [0.2, 0.25) is 5.82 Å². The van der Waals surface area contributed by atoms with Gasteiger partial charge in [0.1, 0.15) is 11.5 Å². The van der Waals surface area contributed by atoms with Gasteiger partial charge in [-0.25, -0.2) is 9.37 Å². The zero-order valence-electron chi connectivity index (χ0n) is 17.2. The van der Waals surface area contributed by atoms with Gasteiger partial charge in [0, 0.05) is 24.2 Å². The first-order valence-corrected chi connectivity index (χ1v) is 9.80. The minimum atomic E-state index is -1.14. The van der Waals surface area contributed by atoms with Crippen molar-refractivity contribution in [2.24, 2.45) is 0 Å². The smallest absolute Gasteiger partial charge is 0.202 e. The van der Waals surface area contributed by atoms with E-state index < -0.39 is 11.6 Å². The number of nitrogen functional groups attached to an aromatic ring is 1. The molecule has 0 fully saturated rings. The first-order valence-electron chi connectivity index (χ1n) is 9.80. The molecule has 3 heterocycles. The summed E-state index contributed by atoms with van der Waals surface area (Å²) in [6.45, 7) is 0.945. The van der Waals surface area contributed by atoms with E-state index in [2.05, 4.69) is 30.8 Å². The summed E-state index contributed by atoms with van der Waals surface area (Å²) in [5, 5.41) is 14.4. The van der Waals surface area contributed by atoms with Crippen LogP contribution in [0.2, 0.25) is 0 Å². The van der Waals surface area contributed by atoms with Gasteiger partial charge in [-0.3, -0.25) is 4.98 Å². The van der Waals surface area contributed by atoms with Crippen LogP contribution >= 0.6 is 0 Å². The summed E-state index contributed by atoms with van der Waals surface area (Å²) >= 11 is 0. The lowest BCUT2D eigenvalue weighted by Crippen LogP contribution is -2.12. The molecule has 164 valence electrons. The molecule has 0 unspecified atom stereocenters. The summed E-state index contributed by atoms with van der Waals surface area (Å²) in [6, 6.07) is 8.04. The van der Waals surface area contributed by atoms with Crippen molar-refractivity contribution in [2.75, 3.05) is 25.9 Å². The molecule has 4 rings (SSSR count). The quantitative estimate of drug-likeness (QED) is 0.403. The molecular weight excluding hydrogens is 418 g/mol. The van der Waals surface area contributed by atoms with Crippen LogP contribution in [0.3, 0.4) is 0 Å². The number of nitrogens with two attached hydrogens (primary N) is 1. The highest BCUT2D eigenvalue weighted by molar-refractivity contribution is 5.76. The number of halogens is 2. The monoisotopic (exact) mass is 438 g/mol. The third-order valence-corrected chi connectivity index (χ3v) is 4.73. The second kappa shape index (κ2) is 9.43. The molecule has 3 N–H and O–H groups in total. The second-order valence-corrected chi connectivity index (χ2v) is 6.82. The molecule has 0 bridgehead atoms. The molecule has 3 aromatic heterocycles. The van der Waals surface area contributed by atoms with Crippen molar-refractivity contribution in [3.8, 4) is 34.0 Å². The van der Waals surface area contributed by atoms with E-state index in [1.54, 1.807) is 31.7 Å². The summed E-state index contributed by atoms with van der Waals surface area (Å²) in [6.07, 6.45) is 5.55. The molecule has 0 amide bonds. The standard InChI is InChI=1S/C21H20F2N8O/c1-25-7-2-10-32-17-4-3-16(18(22)19(17)23)31-21(28-29-30-31)15-11-14(12-27-20(15)24)13-5-8-26-9-6-13/h3-6,8-9,11-12,25H,2,7,10H2,1H3,(H2,24,27). The minimum absolute atomic E-state index is 0.117. The number of ether oxygens (including phenoxy) is 1. The Morgan fingerprint density at radius 2 is 1.91 bits per heavy atom. The van der Waals surface area contributed by atoms with Crippen molar-refractivity contribution < 1.29 is 13.5 Å². The predicted octanol–water partition coefficient (Wildman–Crippen LogP) is 2.63. The third kappa shape index (κ3) is 4.23. The van der Waals surface area contributed by atoms with E-state index in [0.29, 0.717) is 18.5 Å². The van der Waals surface area contributed by atoms with Crippen LogP contribution in [0.15, 0.2) is 48.9 Å². The lowest BCUT2D eigenvalue weighted by Gasteiger charge is -2.12. The number of anilines is 1. The maximum Gasteiger partial charge on any atom is 0.202 e. The number of hydrogen-bond acceptors (Lipinski definition) is 8. The van der Waals surface area contributed by atoms with Gasteiger partial charge < -0.3 is 15.8 Å². The molecule has 0 spiro atoms. The van der Waals surface area contributed by atoms with Crippen LogP contribution in [-0.4, -0.2) is 50.4 Å². The molecule has 4 aromatic rings. The number of hydrogen-bond donors (Lipinski definition) is 2. The lowest BCUT2D eigenvalue weighted by molar-refractivity contribution is 0.289. The predicted molar refractivity (Wildman–Crippen MR) is 114 cm³/mol. The molecular formula is C21H20F2N8O. The maximum absolute atomic E-state index is 14.9. The van der Waals surface area contributed by atoms with Crippen molar-refractivity contribution >= 4 is 5.82 Å². The highest BCUT2D eigenvalue weighted by atomic mass is 19.2. The molecule has 0 radical (unpaired) electrons. The number of rotatable bonds is 8. The number of tetrazole rings is 1. The largest absolute Gasteiger partial charge is 0.490 e. The fourth-order valence-electron chi connectivity index (χ4n) is 3.10. The van der Waals surface area contributed by atoms with Gasteiger partial charge in [-0.2, -0.15) is 9.07 Å². The molecule has 0 atom stereocenters. The van der Waals surface area contributed by atoms with Crippen LogP contribution in [0.4, 0.5) is 14.6 Å². The zero-order chi connectivity index (χ0) is 22.5. The van der Waals surface area contributed by atoms with Gasteiger partial charge in [-0.15, -0.1) is 5.10 Å². The molecule has 1 aromatic carbocycles. The normalized spacial score (nSPS) is 11.0. The molecule has 9 nitrogen and oxygen atoms in total. The van der Waals surface area contributed by atoms with E-state index >= 15 is 0 Å².